The molecule has 0 aliphatic carbocycles. The van der Waals surface area contributed by atoms with Crippen molar-refractivity contribution in [3.63, 3.8) is 0 Å². The van der Waals surface area contributed by atoms with E-state index < -0.39 is 24.0 Å². The first-order valence-corrected chi connectivity index (χ1v) is 9.89. The molecule has 2 aromatic carbocycles. The van der Waals surface area contributed by atoms with Gasteiger partial charge in [-0.25, -0.2) is 9.59 Å². The fourth-order valence-corrected chi connectivity index (χ4v) is 2.77. The van der Waals surface area contributed by atoms with Crippen molar-refractivity contribution in [3.05, 3.63) is 71.3 Å². The van der Waals surface area contributed by atoms with Gasteiger partial charge in [-0.1, -0.05) is 42.5 Å². The standard InChI is InChI=1S/C23H27N3O5/c1-15(2)24-23(30)25-20(27)16(3)31-22(29)19-13-9-8-12-18(19)21(28)26(4)14-17-10-6-5-7-11-17/h5-13,15-16H,14H2,1-4H3,(H2,24,25,27,30)/t16-/m1/s1. The van der Waals surface area contributed by atoms with Gasteiger partial charge in [0.25, 0.3) is 11.8 Å². The zero-order valence-electron chi connectivity index (χ0n) is 18.0. The van der Waals surface area contributed by atoms with E-state index >= 15 is 0 Å². The molecule has 8 heteroatoms. The SMILES string of the molecule is CC(C)NC(=O)NC(=O)[C@@H](C)OC(=O)c1ccccc1C(=O)N(C)Cc1ccccc1. The Labute approximate surface area is 181 Å². The summed E-state index contributed by atoms with van der Waals surface area (Å²) in [6.07, 6.45) is -1.23. The molecule has 164 valence electrons. The summed E-state index contributed by atoms with van der Waals surface area (Å²) < 4.78 is 5.19. The lowest BCUT2D eigenvalue weighted by Gasteiger charge is -2.19. The second kappa shape index (κ2) is 10.9. The van der Waals surface area contributed by atoms with Gasteiger partial charge in [0, 0.05) is 19.6 Å². The minimum absolute atomic E-state index is 0.0405. The Hall–Kier alpha value is -3.68. The van der Waals surface area contributed by atoms with Crippen molar-refractivity contribution in [2.45, 2.75) is 39.5 Å². The number of hydrogen-bond acceptors (Lipinski definition) is 5. The molecule has 0 spiro atoms. The van der Waals surface area contributed by atoms with Crippen LogP contribution >= 0.6 is 0 Å². The first-order valence-electron chi connectivity index (χ1n) is 9.89. The summed E-state index contributed by atoms with van der Waals surface area (Å²) in [6.45, 7) is 5.21. The van der Waals surface area contributed by atoms with Crippen LogP contribution in [0.15, 0.2) is 54.6 Å². The van der Waals surface area contributed by atoms with Gasteiger partial charge in [-0.2, -0.15) is 0 Å². The van der Waals surface area contributed by atoms with E-state index in [1.165, 1.54) is 24.0 Å². The van der Waals surface area contributed by atoms with Crippen LogP contribution in [0.5, 0.6) is 0 Å². The molecule has 0 saturated heterocycles. The van der Waals surface area contributed by atoms with Crippen molar-refractivity contribution in [1.82, 2.24) is 15.5 Å². The lowest BCUT2D eigenvalue weighted by atomic mass is 10.1. The maximum Gasteiger partial charge on any atom is 0.339 e. The van der Waals surface area contributed by atoms with E-state index in [-0.39, 0.29) is 23.1 Å². The van der Waals surface area contributed by atoms with Crippen LogP contribution in [0, 0.1) is 0 Å². The fraction of sp³-hybridized carbons (Fsp3) is 0.304. The second-order valence-corrected chi connectivity index (χ2v) is 7.36. The van der Waals surface area contributed by atoms with E-state index in [1.807, 2.05) is 30.3 Å². The Morgan fingerprint density at radius 3 is 2.10 bits per heavy atom. The van der Waals surface area contributed by atoms with Crippen molar-refractivity contribution < 1.29 is 23.9 Å². The van der Waals surface area contributed by atoms with Crippen LogP contribution in [0.4, 0.5) is 4.79 Å². The molecule has 0 aliphatic heterocycles. The molecular formula is C23H27N3O5. The Morgan fingerprint density at radius 1 is 0.903 bits per heavy atom. The molecule has 2 N–H and O–H groups in total. The zero-order chi connectivity index (χ0) is 23.0. The summed E-state index contributed by atoms with van der Waals surface area (Å²) in [7, 11) is 1.64. The average molecular weight is 425 g/mol. The maximum absolute atomic E-state index is 12.9. The van der Waals surface area contributed by atoms with Crippen LogP contribution in [-0.4, -0.2) is 47.9 Å². The Morgan fingerprint density at radius 2 is 1.48 bits per heavy atom. The third-order valence-corrected chi connectivity index (χ3v) is 4.30. The fourth-order valence-electron chi connectivity index (χ4n) is 2.77. The second-order valence-electron chi connectivity index (χ2n) is 7.36. The molecule has 0 aliphatic rings. The number of nitrogens with zero attached hydrogens (tertiary/aromatic N) is 1. The van der Waals surface area contributed by atoms with Gasteiger partial charge in [0.1, 0.15) is 0 Å². The van der Waals surface area contributed by atoms with E-state index in [4.69, 9.17) is 4.74 Å². The minimum atomic E-state index is -1.23. The zero-order valence-corrected chi connectivity index (χ0v) is 18.0. The predicted molar refractivity (Wildman–Crippen MR) is 115 cm³/mol. The molecule has 1 atom stereocenters. The van der Waals surface area contributed by atoms with Crippen LogP contribution in [0.3, 0.4) is 0 Å². The van der Waals surface area contributed by atoms with Crippen LogP contribution in [0.1, 0.15) is 47.1 Å². The monoisotopic (exact) mass is 425 g/mol. The third-order valence-electron chi connectivity index (χ3n) is 4.30. The highest BCUT2D eigenvalue weighted by atomic mass is 16.5. The largest absolute Gasteiger partial charge is 0.449 e. The number of carbonyl (C=O) groups is 4. The first-order chi connectivity index (χ1) is 14.7. The number of benzene rings is 2. The van der Waals surface area contributed by atoms with Crippen LogP contribution in [0.2, 0.25) is 0 Å². The quantitative estimate of drug-likeness (QED) is 0.664. The smallest absolute Gasteiger partial charge is 0.339 e. The summed E-state index contributed by atoms with van der Waals surface area (Å²) in [5.74, 6) is -1.95. The van der Waals surface area contributed by atoms with Gasteiger partial charge in [0.15, 0.2) is 6.10 Å². The number of urea groups is 1. The number of imide groups is 1. The predicted octanol–water partition coefficient (Wildman–Crippen LogP) is 2.74. The summed E-state index contributed by atoms with van der Waals surface area (Å²) in [5, 5.41) is 4.62. The molecule has 2 rings (SSSR count). The molecule has 8 nitrogen and oxygen atoms in total. The van der Waals surface area contributed by atoms with Crippen LogP contribution < -0.4 is 10.6 Å². The molecular weight excluding hydrogens is 398 g/mol. The number of ether oxygens (including phenoxy) is 1. The number of nitrogens with one attached hydrogen (secondary N) is 2. The molecule has 0 unspecified atom stereocenters. The van der Waals surface area contributed by atoms with Gasteiger partial charge in [0.05, 0.1) is 11.1 Å². The molecule has 0 radical (unpaired) electrons. The van der Waals surface area contributed by atoms with Gasteiger partial charge in [-0.3, -0.25) is 14.9 Å². The molecule has 0 saturated carbocycles. The summed E-state index contributed by atoms with van der Waals surface area (Å²) >= 11 is 0. The topological polar surface area (TPSA) is 105 Å². The maximum atomic E-state index is 12.9. The highest BCUT2D eigenvalue weighted by Gasteiger charge is 2.25. The molecule has 0 fully saturated rings. The molecule has 0 bridgehead atoms. The van der Waals surface area contributed by atoms with Gasteiger partial charge >= 0.3 is 12.0 Å². The van der Waals surface area contributed by atoms with E-state index in [0.717, 1.165) is 5.56 Å². The number of rotatable bonds is 7. The van der Waals surface area contributed by atoms with E-state index in [9.17, 15) is 19.2 Å². The number of esters is 1. The highest BCUT2D eigenvalue weighted by Crippen LogP contribution is 2.15. The molecule has 4 amide bonds. The summed E-state index contributed by atoms with van der Waals surface area (Å²) in [5.41, 5.74) is 1.15. The molecule has 2 aromatic rings. The summed E-state index contributed by atoms with van der Waals surface area (Å²) in [4.78, 5) is 50.8. The van der Waals surface area contributed by atoms with Gasteiger partial charge in [0.2, 0.25) is 0 Å². The van der Waals surface area contributed by atoms with Crippen LogP contribution in [-0.2, 0) is 16.1 Å². The van der Waals surface area contributed by atoms with Gasteiger partial charge < -0.3 is 15.0 Å². The number of hydrogen-bond donors (Lipinski definition) is 2. The van der Waals surface area contributed by atoms with Crippen LogP contribution in [0.25, 0.3) is 0 Å². The Kier molecular flexibility index (Phi) is 8.31. The van der Waals surface area contributed by atoms with E-state index in [0.29, 0.717) is 6.54 Å². The summed E-state index contributed by atoms with van der Waals surface area (Å²) in [6, 6.07) is 14.9. The minimum Gasteiger partial charge on any atom is -0.449 e. The van der Waals surface area contributed by atoms with Crippen molar-refractivity contribution in [2.24, 2.45) is 0 Å². The van der Waals surface area contributed by atoms with Crippen molar-refractivity contribution >= 4 is 23.8 Å². The van der Waals surface area contributed by atoms with Crippen molar-refractivity contribution in [3.8, 4) is 0 Å². The molecule has 0 heterocycles. The van der Waals surface area contributed by atoms with Gasteiger partial charge in [-0.05, 0) is 38.5 Å². The van der Waals surface area contributed by atoms with E-state index in [1.54, 1.807) is 33.0 Å². The number of carbonyl (C=O) groups excluding carboxylic acids is 4. The molecule has 31 heavy (non-hydrogen) atoms. The normalized spacial score (nSPS) is 11.4. The lowest BCUT2D eigenvalue weighted by Crippen LogP contribution is -2.46. The van der Waals surface area contributed by atoms with E-state index in [2.05, 4.69) is 10.6 Å². The first kappa shape index (κ1) is 23.6. The Bertz CT molecular complexity index is 943. The highest BCUT2D eigenvalue weighted by molar-refractivity contribution is 6.06. The lowest BCUT2D eigenvalue weighted by molar-refractivity contribution is -0.127. The van der Waals surface area contributed by atoms with Crippen molar-refractivity contribution in [1.29, 1.82) is 0 Å². The number of amides is 4. The Balaban J connectivity index is 2.08. The third kappa shape index (κ3) is 6.95. The van der Waals surface area contributed by atoms with Gasteiger partial charge in [-0.15, -0.1) is 0 Å². The molecule has 0 aromatic heterocycles. The van der Waals surface area contributed by atoms with Crippen molar-refractivity contribution in [2.75, 3.05) is 7.05 Å². The average Bonchev–Trinajstić information content (AvgIpc) is 2.73.